The van der Waals surface area contributed by atoms with Crippen molar-refractivity contribution in [2.75, 3.05) is 23.4 Å². The highest BCUT2D eigenvalue weighted by molar-refractivity contribution is 6.09. The summed E-state index contributed by atoms with van der Waals surface area (Å²) in [6.45, 7) is 18.2. The van der Waals surface area contributed by atoms with Crippen LogP contribution < -0.4 is 14.5 Å². The van der Waals surface area contributed by atoms with Crippen molar-refractivity contribution >= 4 is 38.9 Å². The average molecular weight is 730 g/mol. The minimum absolute atomic E-state index is 0.190. The first-order valence-corrected chi connectivity index (χ1v) is 19.6. The SMILES string of the molecule is [2H]C([2H])([2H])N1CN(c2cc(Oc3ccc4c5ccccc5n(-c5cc(-c6c(C(C)C)cc(C(C)C)cc6C(C)C)ccn5)c4c3)cc(C(C)(C)C)c2)c2ccccc21. The predicted octanol–water partition coefficient (Wildman–Crippen LogP) is 13.9. The van der Waals surface area contributed by atoms with Crippen LogP contribution in [0.5, 0.6) is 11.5 Å². The largest absolute Gasteiger partial charge is 0.457 e. The highest BCUT2D eigenvalue weighted by atomic mass is 16.5. The molecule has 5 nitrogen and oxygen atoms in total. The summed E-state index contributed by atoms with van der Waals surface area (Å²) in [4.78, 5) is 8.57. The zero-order valence-corrected chi connectivity index (χ0v) is 33.6. The standard InChI is InChI=1S/C50H54N4O/c1-31(2)35-23-42(32(3)4)49(43(24-35)33(5)6)34-21-22-51-48(25-34)54-44-16-12-11-15-40(44)41-20-19-38(29-47(41)54)55-39-27-36(50(7,8)9)26-37(28-39)53-30-52(10)45-17-13-14-18-46(45)53/h11-29,31-33H,30H2,1-10H3/i10D3. The van der Waals surface area contributed by atoms with Crippen molar-refractivity contribution in [2.24, 2.45) is 0 Å². The van der Waals surface area contributed by atoms with E-state index >= 15 is 0 Å². The molecule has 2 aromatic heterocycles. The normalized spacial score (nSPS) is 14.3. The molecule has 5 heteroatoms. The summed E-state index contributed by atoms with van der Waals surface area (Å²) in [7, 11) is 0. The second-order valence-electron chi connectivity index (χ2n) is 17.0. The molecule has 0 amide bonds. The van der Waals surface area contributed by atoms with Crippen molar-refractivity contribution in [3.63, 3.8) is 0 Å². The van der Waals surface area contributed by atoms with Crippen LogP contribution in [0.15, 0.2) is 115 Å². The highest BCUT2D eigenvalue weighted by Crippen LogP contribution is 2.44. The molecule has 0 aliphatic carbocycles. The molecule has 7 aromatic rings. The Bertz CT molecular complexity index is 2640. The summed E-state index contributed by atoms with van der Waals surface area (Å²) < 4.78 is 33.9. The Morgan fingerprint density at radius 3 is 2.05 bits per heavy atom. The summed E-state index contributed by atoms with van der Waals surface area (Å²) in [6, 6.07) is 38.0. The molecule has 0 radical (unpaired) electrons. The Morgan fingerprint density at radius 2 is 1.36 bits per heavy atom. The van der Waals surface area contributed by atoms with E-state index < -0.39 is 6.98 Å². The fourth-order valence-electron chi connectivity index (χ4n) is 8.05. The number of pyridine rings is 1. The van der Waals surface area contributed by atoms with Crippen LogP contribution in [-0.2, 0) is 5.41 Å². The van der Waals surface area contributed by atoms with Crippen LogP contribution in [0.3, 0.4) is 0 Å². The maximum Gasteiger partial charge on any atom is 0.138 e. The van der Waals surface area contributed by atoms with E-state index in [4.69, 9.17) is 13.8 Å². The van der Waals surface area contributed by atoms with Gasteiger partial charge in [0.05, 0.1) is 29.1 Å². The number of hydrogen-bond donors (Lipinski definition) is 0. The van der Waals surface area contributed by atoms with Crippen LogP contribution in [0.2, 0.25) is 0 Å². The first-order valence-electron chi connectivity index (χ1n) is 21.1. The molecule has 8 rings (SSSR count). The Morgan fingerprint density at radius 1 is 0.673 bits per heavy atom. The van der Waals surface area contributed by atoms with Crippen LogP contribution >= 0.6 is 0 Å². The quantitative estimate of drug-likeness (QED) is 0.156. The van der Waals surface area contributed by atoms with E-state index in [1.165, 1.54) is 27.2 Å². The van der Waals surface area contributed by atoms with Gasteiger partial charge >= 0.3 is 0 Å². The Labute approximate surface area is 331 Å². The fourth-order valence-corrected chi connectivity index (χ4v) is 8.05. The van der Waals surface area contributed by atoms with Gasteiger partial charge in [-0.2, -0.15) is 0 Å². The third kappa shape index (κ3) is 6.64. The fraction of sp³-hybridized carbons (Fsp3) is 0.300. The number of para-hydroxylation sites is 3. The van der Waals surface area contributed by atoms with E-state index in [2.05, 4.69) is 145 Å². The molecule has 55 heavy (non-hydrogen) atoms. The second-order valence-corrected chi connectivity index (χ2v) is 17.0. The van der Waals surface area contributed by atoms with Gasteiger partial charge in [-0.3, -0.25) is 4.57 Å². The minimum Gasteiger partial charge on any atom is -0.457 e. The van der Waals surface area contributed by atoms with Gasteiger partial charge in [0, 0.05) is 45.9 Å². The molecule has 1 aliphatic rings. The lowest BCUT2D eigenvalue weighted by Crippen LogP contribution is -2.24. The van der Waals surface area contributed by atoms with E-state index in [1.807, 2.05) is 42.6 Å². The lowest BCUT2D eigenvalue weighted by Gasteiger charge is -2.25. The molecule has 0 spiro atoms. The van der Waals surface area contributed by atoms with Crippen molar-refractivity contribution in [1.29, 1.82) is 0 Å². The van der Waals surface area contributed by atoms with Crippen LogP contribution in [0.25, 0.3) is 38.8 Å². The topological polar surface area (TPSA) is 33.5 Å². The molecule has 0 unspecified atom stereocenters. The van der Waals surface area contributed by atoms with E-state index in [-0.39, 0.29) is 12.1 Å². The molecule has 1 aliphatic heterocycles. The number of benzene rings is 5. The zero-order valence-electron chi connectivity index (χ0n) is 36.6. The van der Waals surface area contributed by atoms with Gasteiger partial charge in [-0.15, -0.1) is 0 Å². The van der Waals surface area contributed by atoms with Crippen LogP contribution in [-0.4, -0.2) is 23.2 Å². The maximum atomic E-state index is 8.26. The molecule has 0 bridgehead atoms. The molecule has 0 saturated carbocycles. The lowest BCUT2D eigenvalue weighted by molar-refractivity contribution is 0.479. The average Bonchev–Trinajstić information content (AvgIpc) is 3.73. The molecule has 0 N–H and O–H groups in total. The van der Waals surface area contributed by atoms with Crippen molar-refractivity contribution in [3.8, 4) is 28.4 Å². The number of ether oxygens (including phenoxy) is 1. The number of aromatic nitrogens is 2. The van der Waals surface area contributed by atoms with Gasteiger partial charge in [0.1, 0.15) is 17.3 Å². The molecule has 0 saturated heterocycles. The Hall–Kier alpha value is -5.55. The number of fused-ring (bicyclic) bond motifs is 4. The third-order valence-corrected chi connectivity index (χ3v) is 11.1. The molecule has 280 valence electrons. The Kier molecular flexibility index (Phi) is 8.33. The summed E-state index contributed by atoms with van der Waals surface area (Å²) in [5.74, 6) is 3.38. The van der Waals surface area contributed by atoms with E-state index in [0.717, 1.165) is 50.1 Å². The third-order valence-electron chi connectivity index (χ3n) is 11.1. The summed E-state index contributed by atoms with van der Waals surface area (Å²) in [6.07, 6.45) is 1.94. The van der Waals surface area contributed by atoms with Gasteiger partial charge < -0.3 is 14.5 Å². The lowest BCUT2D eigenvalue weighted by atomic mass is 9.82. The van der Waals surface area contributed by atoms with Gasteiger partial charge in [0.25, 0.3) is 0 Å². The van der Waals surface area contributed by atoms with Crippen molar-refractivity contribution in [1.82, 2.24) is 9.55 Å². The monoisotopic (exact) mass is 729 g/mol. The summed E-state index contributed by atoms with van der Waals surface area (Å²) in [5.41, 5.74) is 12.0. The van der Waals surface area contributed by atoms with Crippen molar-refractivity contribution < 1.29 is 8.85 Å². The first kappa shape index (κ1) is 32.8. The van der Waals surface area contributed by atoms with Crippen LogP contribution in [0.4, 0.5) is 17.1 Å². The van der Waals surface area contributed by atoms with E-state index in [0.29, 0.717) is 34.9 Å². The second kappa shape index (κ2) is 13.9. The number of anilines is 3. The van der Waals surface area contributed by atoms with Gasteiger partial charge in [0.2, 0.25) is 0 Å². The van der Waals surface area contributed by atoms with Gasteiger partial charge in [-0.1, -0.05) is 105 Å². The zero-order chi connectivity index (χ0) is 41.3. The number of nitrogens with zero attached hydrogens (tertiary/aromatic N) is 4. The molecule has 0 fully saturated rings. The number of rotatable bonds is 8. The number of hydrogen-bond acceptors (Lipinski definition) is 4. The van der Waals surface area contributed by atoms with E-state index in [9.17, 15) is 0 Å². The molecule has 5 aromatic carbocycles. The van der Waals surface area contributed by atoms with Gasteiger partial charge in [-0.25, -0.2) is 4.98 Å². The summed E-state index contributed by atoms with van der Waals surface area (Å²) in [5, 5.41) is 2.26. The van der Waals surface area contributed by atoms with E-state index in [1.54, 1.807) is 0 Å². The Balaban J connectivity index is 1.25. The molecular weight excluding hydrogens is 673 g/mol. The van der Waals surface area contributed by atoms with Crippen molar-refractivity contribution in [3.05, 3.63) is 138 Å². The smallest absolute Gasteiger partial charge is 0.138 e. The molecular formula is C50H54N4O. The van der Waals surface area contributed by atoms with Gasteiger partial charge in [-0.05, 0) is 111 Å². The van der Waals surface area contributed by atoms with Gasteiger partial charge in [0.15, 0.2) is 0 Å². The first-order chi connectivity index (χ1) is 27.5. The highest BCUT2D eigenvalue weighted by Gasteiger charge is 2.27. The maximum absolute atomic E-state index is 8.26. The van der Waals surface area contributed by atoms with Crippen molar-refractivity contribution in [2.45, 2.75) is 85.5 Å². The molecule has 3 heterocycles. The van der Waals surface area contributed by atoms with Crippen LogP contribution in [0.1, 0.15) is 106 Å². The summed E-state index contributed by atoms with van der Waals surface area (Å²) >= 11 is 0. The predicted molar refractivity (Wildman–Crippen MR) is 233 cm³/mol. The molecule has 0 atom stereocenters. The minimum atomic E-state index is -2.28. The van der Waals surface area contributed by atoms with Crippen LogP contribution in [0, 0.1) is 0 Å².